The molecule has 1 saturated heterocycles. The van der Waals surface area contributed by atoms with E-state index >= 15 is 0 Å². The fourth-order valence-corrected chi connectivity index (χ4v) is 4.99. The Morgan fingerprint density at radius 1 is 0.929 bits per heavy atom. The van der Waals surface area contributed by atoms with Gasteiger partial charge in [-0.25, -0.2) is 4.79 Å². The normalized spacial score (nSPS) is 23.0. The molecule has 42 heavy (non-hydrogen) atoms. The molecule has 2 aliphatic rings. The zero-order valence-corrected chi connectivity index (χ0v) is 22.9. The first-order valence-corrected chi connectivity index (χ1v) is 12.9. The van der Waals surface area contributed by atoms with Crippen LogP contribution in [-0.2, 0) is 25.6 Å². The number of methoxy groups -OCH3 is 2. The van der Waals surface area contributed by atoms with Crippen molar-refractivity contribution in [3.8, 4) is 34.1 Å². The maximum Gasteiger partial charge on any atom is 0.341 e. The number of rotatable bonds is 8. The molecular formula is C29H30O13. The standard InChI is InChI=1S/C29H30O13/c1-13(31)38-11-16-6-15-8-19(36-2)20(37-3)9-17(15)23(14-4-5-18-21(7-14)40-12-39-18)24(16)28(35)42-29-27(34)26(33)25(32)22(10-30)41-29/h4-9,22,25-27,29-30,32-34H,10-12H2,1-3H3/t22-,25-,26+,27-,29-/m1/s1. The SMILES string of the molecule is COc1cc2cc(COC(C)=O)c(C(=O)O[C@H]3O[C@H](CO)[C@@H](O)[C@H](O)[C@H]3O)c(-c3ccc4c(c3)OCO4)c2cc1OC. The highest BCUT2D eigenvalue weighted by atomic mass is 16.7. The Morgan fingerprint density at radius 3 is 2.33 bits per heavy atom. The predicted molar refractivity (Wildman–Crippen MR) is 143 cm³/mol. The molecule has 0 radical (unpaired) electrons. The van der Waals surface area contributed by atoms with E-state index in [4.69, 9.17) is 33.2 Å². The Labute approximate surface area is 239 Å². The quantitative estimate of drug-likeness (QED) is 0.278. The molecule has 0 spiro atoms. The zero-order valence-electron chi connectivity index (χ0n) is 22.9. The molecule has 0 bridgehead atoms. The van der Waals surface area contributed by atoms with Crippen LogP contribution in [0.3, 0.4) is 0 Å². The van der Waals surface area contributed by atoms with E-state index in [1.165, 1.54) is 21.1 Å². The molecule has 0 amide bonds. The maximum absolute atomic E-state index is 14.0. The van der Waals surface area contributed by atoms with Gasteiger partial charge < -0.3 is 53.6 Å². The van der Waals surface area contributed by atoms with E-state index < -0.39 is 49.3 Å². The van der Waals surface area contributed by atoms with E-state index in [2.05, 4.69) is 0 Å². The Balaban J connectivity index is 1.72. The van der Waals surface area contributed by atoms with E-state index in [9.17, 15) is 30.0 Å². The Bertz CT molecular complexity index is 1500. The lowest BCUT2D eigenvalue weighted by atomic mass is 9.89. The van der Waals surface area contributed by atoms with Crippen LogP contribution < -0.4 is 18.9 Å². The number of ether oxygens (including phenoxy) is 7. The molecule has 5 rings (SSSR count). The first-order valence-electron chi connectivity index (χ1n) is 12.9. The third kappa shape index (κ3) is 5.40. The van der Waals surface area contributed by atoms with Crippen LogP contribution in [-0.4, -0.2) is 90.7 Å². The molecule has 13 heteroatoms. The van der Waals surface area contributed by atoms with Gasteiger partial charge in [-0.2, -0.15) is 0 Å². The van der Waals surface area contributed by atoms with Crippen molar-refractivity contribution in [1.82, 2.24) is 0 Å². The number of esters is 2. The molecule has 0 aromatic heterocycles. The highest BCUT2D eigenvalue weighted by molar-refractivity contribution is 6.10. The summed E-state index contributed by atoms with van der Waals surface area (Å²) in [6, 6.07) is 10.1. The van der Waals surface area contributed by atoms with Crippen molar-refractivity contribution >= 4 is 22.7 Å². The van der Waals surface area contributed by atoms with Gasteiger partial charge in [-0.15, -0.1) is 0 Å². The third-order valence-electron chi connectivity index (χ3n) is 7.09. The van der Waals surface area contributed by atoms with Crippen LogP contribution in [0.25, 0.3) is 21.9 Å². The van der Waals surface area contributed by atoms with Crippen molar-refractivity contribution in [3.63, 3.8) is 0 Å². The predicted octanol–water partition coefficient (Wildman–Crippen LogP) is 1.27. The number of hydrogen-bond acceptors (Lipinski definition) is 13. The highest BCUT2D eigenvalue weighted by Gasteiger charge is 2.45. The highest BCUT2D eigenvalue weighted by Crippen LogP contribution is 2.44. The van der Waals surface area contributed by atoms with Crippen LogP contribution in [0, 0.1) is 0 Å². The second-order valence-corrected chi connectivity index (χ2v) is 9.66. The van der Waals surface area contributed by atoms with Crippen LogP contribution in [0.2, 0.25) is 0 Å². The summed E-state index contributed by atoms with van der Waals surface area (Å²) in [7, 11) is 2.95. The molecule has 2 aliphatic heterocycles. The van der Waals surface area contributed by atoms with Gasteiger partial charge in [0.1, 0.15) is 31.0 Å². The molecule has 4 N–H and O–H groups in total. The van der Waals surface area contributed by atoms with Crippen LogP contribution in [0.15, 0.2) is 36.4 Å². The number of aliphatic hydroxyl groups is 4. The minimum Gasteiger partial charge on any atom is -0.493 e. The van der Waals surface area contributed by atoms with Gasteiger partial charge in [-0.3, -0.25) is 4.79 Å². The van der Waals surface area contributed by atoms with Crippen molar-refractivity contribution in [2.75, 3.05) is 27.6 Å². The Hall–Kier alpha value is -4.14. The van der Waals surface area contributed by atoms with Crippen LogP contribution in [0.1, 0.15) is 22.8 Å². The first kappa shape index (κ1) is 29.4. The van der Waals surface area contributed by atoms with Crippen molar-refractivity contribution < 1.29 is 63.2 Å². The third-order valence-corrected chi connectivity index (χ3v) is 7.09. The van der Waals surface area contributed by atoms with Gasteiger partial charge in [0, 0.05) is 18.1 Å². The fourth-order valence-electron chi connectivity index (χ4n) is 4.99. The molecule has 0 saturated carbocycles. The minimum absolute atomic E-state index is 0.0169. The molecule has 0 aliphatic carbocycles. The van der Waals surface area contributed by atoms with Gasteiger partial charge >= 0.3 is 11.9 Å². The molecule has 3 aromatic rings. The van der Waals surface area contributed by atoms with Gasteiger partial charge in [0.05, 0.1) is 26.4 Å². The van der Waals surface area contributed by atoms with Crippen molar-refractivity contribution in [2.24, 2.45) is 0 Å². The topological polar surface area (TPSA) is 180 Å². The van der Waals surface area contributed by atoms with E-state index in [0.29, 0.717) is 44.9 Å². The van der Waals surface area contributed by atoms with Crippen molar-refractivity contribution in [1.29, 1.82) is 0 Å². The molecule has 224 valence electrons. The summed E-state index contributed by atoms with van der Waals surface area (Å²) < 4.78 is 38.2. The number of aliphatic hydroxyl groups excluding tert-OH is 4. The summed E-state index contributed by atoms with van der Waals surface area (Å²) in [4.78, 5) is 25.8. The molecule has 2 heterocycles. The van der Waals surface area contributed by atoms with Crippen LogP contribution in [0.4, 0.5) is 0 Å². The monoisotopic (exact) mass is 586 g/mol. The van der Waals surface area contributed by atoms with E-state index in [1.54, 1.807) is 36.4 Å². The largest absolute Gasteiger partial charge is 0.493 e. The van der Waals surface area contributed by atoms with Crippen molar-refractivity contribution in [2.45, 2.75) is 44.2 Å². The molecular weight excluding hydrogens is 556 g/mol. The molecule has 5 atom stereocenters. The summed E-state index contributed by atoms with van der Waals surface area (Å²) >= 11 is 0. The van der Waals surface area contributed by atoms with Gasteiger partial charge in [-0.1, -0.05) is 6.07 Å². The number of hydrogen-bond donors (Lipinski definition) is 4. The van der Waals surface area contributed by atoms with E-state index in [0.717, 1.165) is 0 Å². The lowest BCUT2D eigenvalue weighted by molar-refractivity contribution is -0.285. The van der Waals surface area contributed by atoms with Gasteiger partial charge in [0.2, 0.25) is 13.1 Å². The lowest BCUT2D eigenvalue weighted by Crippen LogP contribution is -2.59. The summed E-state index contributed by atoms with van der Waals surface area (Å²) in [5.74, 6) is 0.111. The number of carbonyl (C=O) groups excluding carboxylic acids is 2. The maximum atomic E-state index is 14.0. The number of benzene rings is 3. The van der Waals surface area contributed by atoms with Gasteiger partial charge in [0.25, 0.3) is 0 Å². The van der Waals surface area contributed by atoms with Gasteiger partial charge in [-0.05, 0) is 46.7 Å². The summed E-state index contributed by atoms with van der Waals surface area (Å²) in [6.45, 7) is 0.204. The lowest BCUT2D eigenvalue weighted by Gasteiger charge is -2.39. The number of carbonyl (C=O) groups is 2. The molecule has 0 unspecified atom stereocenters. The second kappa shape index (κ2) is 12.0. The van der Waals surface area contributed by atoms with Crippen molar-refractivity contribution in [3.05, 3.63) is 47.5 Å². The average Bonchev–Trinajstić information content (AvgIpc) is 3.46. The van der Waals surface area contributed by atoms with Crippen LogP contribution >= 0.6 is 0 Å². The molecule has 3 aromatic carbocycles. The van der Waals surface area contributed by atoms with Gasteiger partial charge in [0.15, 0.2) is 23.0 Å². The molecule has 1 fully saturated rings. The summed E-state index contributed by atoms with van der Waals surface area (Å²) in [6.07, 6.45) is -8.30. The van der Waals surface area contributed by atoms with Crippen LogP contribution in [0.5, 0.6) is 23.0 Å². The average molecular weight is 587 g/mol. The first-order chi connectivity index (χ1) is 20.2. The smallest absolute Gasteiger partial charge is 0.341 e. The summed E-state index contributed by atoms with van der Waals surface area (Å²) in [5.41, 5.74) is 1.03. The number of fused-ring (bicyclic) bond motifs is 2. The van der Waals surface area contributed by atoms with E-state index in [1.807, 2.05) is 0 Å². The van der Waals surface area contributed by atoms with E-state index in [-0.39, 0.29) is 24.5 Å². The second-order valence-electron chi connectivity index (χ2n) is 9.66. The molecule has 13 nitrogen and oxygen atoms in total. The Morgan fingerprint density at radius 2 is 1.64 bits per heavy atom. The summed E-state index contributed by atoms with van der Waals surface area (Å²) in [5, 5.41) is 41.6. The fraction of sp³-hybridized carbons (Fsp3) is 0.379. The minimum atomic E-state index is -1.83. The zero-order chi connectivity index (χ0) is 30.1. The Kier molecular flexibility index (Phi) is 8.38.